The van der Waals surface area contributed by atoms with E-state index in [0.717, 1.165) is 6.07 Å². The summed E-state index contributed by atoms with van der Waals surface area (Å²) in [6.45, 7) is 2.84. The molecule has 0 aromatic heterocycles. The zero-order valence-electron chi connectivity index (χ0n) is 10.8. The number of halogens is 3. The molecule has 0 aliphatic carbocycles. The molecule has 1 aliphatic rings. The van der Waals surface area contributed by atoms with Crippen molar-refractivity contribution in [2.24, 2.45) is 0 Å². The van der Waals surface area contributed by atoms with E-state index < -0.39 is 34.7 Å². The minimum Gasteiger partial charge on any atom is -0.352 e. The van der Waals surface area contributed by atoms with Gasteiger partial charge in [0.05, 0.1) is 18.8 Å². The van der Waals surface area contributed by atoms with Crippen molar-refractivity contribution in [1.82, 2.24) is 5.32 Å². The molecule has 1 aromatic rings. The molecule has 1 fully saturated rings. The predicted octanol–water partition coefficient (Wildman–Crippen LogP) is 1.99. The second kappa shape index (κ2) is 5.80. The molecule has 20 heavy (non-hydrogen) atoms. The highest BCUT2D eigenvalue weighted by Crippen LogP contribution is 2.22. The van der Waals surface area contributed by atoms with Crippen molar-refractivity contribution >= 4 is 5.91 Å². The number of carbonyl (C=O) groups is 1. The van der Waals surface area contributed by atoms with Gasteiger partial charge in [-0.15, -0.1) is 0 Å². The van der Waals surface area contributed by atoms with E-state index in [1.165, 1.54) is 0 Å². The maximum absolute atomic E-state index is 13.4. The van der Waals surface area contributed by atoms with Crippen LogP contribution in [-0.2, 0) is 9.47 Å². The number of nitrogens with one attached hydrogen (secondary N) is 1. The summed E-state index contributed by atoms with van der Waals surface area (Å²) in [6.07, 6.45) is 0.365. The van der Waals surface area contributed by atoms with Crippen LogP contribution in [-0.4, -0.2) is 31.5 Å². The van der Waals surface area contributed by atoms with Crippen molar-refractivity contribution in [3.05, 3.63) is 35.1 Å². The van der Waals surface area contributed by atoms with Crippen molar-refractivity contribution in [3.8, 4) is 0 Å². The molecule has 0 atom stereocenters. The molecule has 0 saturated carbocycles. The van der Waals surface area contributed by atoms with Crippen LogP contribution < -0.4 is 5.32 Å². The fourth-order valence-electron chi connectivity index (χ4n) is 1.90. The van der Waals surface area contributed by atoms with Crippen molar-refractivity contribution in [1.29, 1.82) is 0 Å². The second-order valence-electron chi connectivity index (χ2n) is 4.56. The molecule has 2 rings (SSSR count). The van der Waals surface area contributed by atoms with Crippen LogP contribution in [0.2, 0.25) is 0 Å². The van der Waals surface area contributed by atoms with Gasteiger partial charge in [-0.05, 0) is 19.1 Å². The number of carbonyl (C=O) groups excluding carboxylic acids is 1. The molecule has 7 heteroatoms. The summed E-state index contributed by atoms with van der Waals surface area (Å²) in [5, 5.41) is 2.41. The average molecular weight is 289 g/mol. The fourth-order valence-corrected chi connectivity index (χ4v) is 1.90. The third kappa shape index (κ3) is 3.10. The lowest BCUT2D eigenvalue weighted by Gasteiger charge is -2.22. The Hall–Kier alpha value is -1.60. The van der Waals surface area contributed by atoms with E-state index >= 15 is 0 Å². The lowest BCUT2D eigenvalue weighted by atomic mass is 10.1. The van der Waals surface area contributed by atoms with E-state index in [4.69, 9.17) is 9.47 Å². The Balaban J connectivity index is 1.94. The molecule has 1 amide bonds. The number of benzene rings is 1. The summed E-state index contributed by atoms with van der Waals surface area (Å²) < 4.78 is 49.8. The first-order valence-corrected chi connectivity index (χ1v) is 6.12. The maximum atomic E-state index is 13.4. The van der Waals surface area contributed by atoms with Crippen molar-refractivity contribution in [3.63, 3.8) is 0 Å². The smallest absolute Gasteiger partial charge is 0.254 e. The van der Waals surface area contributed by atoms with Crippen LogP contribution >= 0.6 is 0 Å². The molecule has 1 aromatic carbocycles. The van der Waals surface area contributed by atoms with Gasteiger partial charge in [0.1, 0.15) is 0 Å². The first-order chi connectivity index (χ1) is 9.43. The van der Waals surface area contributed by atoms with Crippen LogP contribution in [0.25, 0.3) is 0 Å². The van der Waals surface area contributed by atoms with Crippen LogP contribution in [0, 0.1) is 17.5 Å². The summed E-state index contributed by atoms with van der Waals surface area (Å²) in [5.74, 6) is -6.09. The number of amides is 1. The van der Waals surface area contributed by atoms with E-state index in [0.29, 0.717) is 25.7 Å². The molecular weight excluding hydrogens is 275 g/mol. The number of ether oxygens (including phenoxy) is 2. The zero-order chi connectivity index (χ0) is 14.8. The van der Waals surface area contributed by atoms with Gasteiger partial charge >= 0.3 is 0 Å². The standard InChI is InChI=1S/C13H14F3NO3/c1-13(19-6-7-20-13)4-5-17-12(18)8-2-3-9(14)11(16)10(8)15/h2-3H,4-7H2,1H3,(H,17,18). The molecule has 1 saturated heterocycles. The van der Waals surface area contributed by atoms with Crippen LogP contribution in [0.15, 0.2) is 12.1 Å². The van der Waals surface area contributed by atoms with E-state index in [-0.39, 0.29) is 6.54 Å². The average Bonchev–Trinajstić information content (AvgIpc) is 2.83. The minimum absolute atomic E-state index is 0.160. The largest absolute Gasteiger partial charge is 0.352 e. The van der Waals surface area contributed by atoms with Gasteiger partial charge in [0.25, 0.3) is 5.91 Å². The summed E-state index contributed by atoms with van der Waals surface area (Å²) >= 11 is 0. The minimum atomic E-state index is -1.66. The Morgan fingerprint density at radius 1 is 1.25 bits per heavy atom. The molecule has 1 heterocycles. The van der Waals surface area contributed by atoms with Gasteiger partial charge in [-0.3, -0.25) is 4.79 Å². The van der Waals surface area contributed by atoms with Crippen LogP contribution in [0.4, 0.5) is 13.2 Å². The highest BCUT2D eigenvalue weighted by molar-refractivity contribution is 5.94. The first kappa shape index (κ1) is 14.8. The maximum Gasteiger partial charge on any atom is 0.254 e. The van der Waals surface area contributed by atoms with Gasteiger partial charge in [-0.25, -0.2) is 13.2 Å². The van der Waals surface area contributed by atoms with Crippen molar-refractivity contribution < 1.29 is 27.4 Å². The van der Waals surface area contributed by atoms with Crippen LogP contribution in [0.1, 0.15) is 23.7 Å². The highest BCUT2D eigenvalue weighted by Gasteiger charge is 2.30. The van der Waals surface area contributed by atoms with E-state index in [2.05, 4.69) is 5.32 Å². The number of rotatable bonds is 4. The molecule has 1 N–H and O–H groups in total. The molecular formula is C13H14F3NO3. The molecule has 4 nitrogen and oxygen atoms in total. The van der Waals surface area contributed by atoms with Gasteiger partial charge in [-0.1, -0.05) is 0 Å². The van der Waals surface area contributed by atoms with E-state index in [9.17, 15) is 18.0 Å². The third-order valence-corrected chi connectivity index (χ3v) is 3.04. The third-order valence-electron chi connectivity index (χ3n) is 3.04. The lowest BCUT2D eigenvalue weighted by Crippen LogP contribution is -2.34. The summed E-state index contributed by atoms with van der Waals surface area (Å²) in [7, 11) is 0. The van der Waals surface area contributed by atoms with Crippen LogP contribution in [0.5, 0.6) is 0 Å². The molecule has 0 unspecified atom stereocenters. The second-order valence-corrected chi connectivity index (χ2v) is 4.56. The van der Waals surface area contributed by atoms with Crippen LogP contribution in [0.3, 0.4) is 0 Å². The topological polar surface area (TPSA) is 47.6 Å². The lowest BCUT2D eigenvalue weighted by molar-refractivity contribution is -0.145. The fraction of sp³-hybridized carbons (Fsp3) is 0.462. The van der Waals surface area contributed by atoms with Gasteiger partial charge in [0.2, 0.25) is 0 Å². The molecule has 0 spiro atoms. The summed E-state index contributed by atoms with van der Waals surface area (Å²) in [4.78, 5) is 11.7. The highest BCUT2D eigenvalue weighted by atomic mass is 19.2. The van der Waals surface area contributed by atoms with Gasteiger partial charge in [-0.2, -0.15) is 0 Å². The van der Waals surface area contributed by atoms with Gasteiger partial charge < -0.3 is 14.8 Å². The van der Waals surface area contributed by atoms with Gasteiger partial charge in [0, 0.05) is 13.0 Å². The Labute approximate surface area is 113 Å². The first-order valence-electron chi connectivity index (χ1n) is 6.12. The predicted molar refractivity (Wildman–Crippen MR) is 63.6 cm³/mol. The summed E-state index contributed by atoms with van der Waals surface area (Å²) in [5.41, 5.74) is -0.540. The summed E-state index contributed by atoms with van der Waals surface area (Å²) in [6, 6.07) is 1.60. The number of hydrogen-bond acceptors (Lipinski definition) is 3. The zero-order valence-corrected chi connectivity index (χ0v) is 10.8. The Morgan fingerprint density at radius 2 is 1.90 bits per heavy atom. The van der Waals surface area contributed by atoms with Gasteiger partial charge in [0.15, 0.2) is 23.2 Å². The van der Waals surface area contributed by atoms with E-state index in [1.54, 1.807) is 6.92 Å². The quantitative estimate of drug-likeness (QED) is 0.862. The molecule has 110 valence electrons. The van der Waals surface area contributed by atoms with Crippen molar-refractivity contribution in [2.45, 2.75) is 19.1 Å². The molecule has 0 radical (unpaired) electrons. The monoisotopic (exact) mass is 289 g/mol. The Morgan fingerprint density at radius 3 is 2.55 bits per heavy atom. The molecule has 1 aliphatic heterocycles. The normalized spacial score (nSPS) is 17.2. The van der Waals surface area contributed by atoms with Crippen molar-refractivity contribution in [2.75, 3.05) is 19.8 Å². The van der Waals surface area contributed by atoms with E-state index in [1.807, 2.05) is 0 Å². The SMILES string of the molecule is CC1(CCNC(=O)c2ccc(F)c(F)c2F)OCCO1. The number of hydrogen-bond donors (Lipinski definition) is 1. The molecule has 0 bridgehead atoms. The Bertz CT molecular complexity index is 516. The Kier molecular flexibility index (Phi) is 4.29.